The van der Waals surface area contributed by atoms with Crippen LogP contribution >= 0.6 is 0 Å². The van der Waals surface area contributed by atoms with E-state index in [1.807, 2.05) is 13.8 Å². The zero-order valence-electron chi connectivity index (χ0n) is 10.7. The number of nitriles is 1. The molecule has 1 aliphatic rings. The normalized spacial score (nSPS) is 27.7. The van der Waals surface area contributed by atoms with E-state index in [1.165, 1.54) is 12.8 Å². The number of nitrogens with one attached hydrogen (secondary N) is 1. The predicted octanol–water partition coefficient (Wildman–Crippen LogP) is 2.47. The van der Waals surface area contributed by atoms with E-state index in [4.69, 9.17) is 10.00 Å². The number of hydrogen-bond acceptors (Lipinski definition) is 3. The van der Waals surface area contributed by atoms with Crippen LogP contribution in [-0.4, -0.2) is 24.8 Å². The molecule has 0 aromatic rings. The summed E-state index contributed by atoms with van der Waals surface area (Å²) < 4.78 is 5.82. The van der Waals surface area contributed by atoms with E-state index >= 15 is 0 Å². The van der Waals surface area contributed by atoms with Crippen LogP contribution in [0.15, 0.2) is 0 Å². The fraction of sp³-hybridized carbons (Fsp3) is 0.923. The van der Waals surface area contributed by atoms with E-state index in [0.29, 0.717) is 18.8 Å². The molecule has 92 valence electrons. The van der Waals surface area contributed by atoms with Gasteiger partial charge in [0.2, 0.25) is 0 Å². The van der Waals surface area contributed by atoms with Crippen LogP contribution in [0, 0.1) is 17.2 Å². The molecule has 1 rings (SSSR count). The quantitative estimate of drug-likeness (QED) is 0.780. The minimum atomic E-state index is -0.169. The highest BCUT2D eigenvalue weighted by molar-refractivity contribution is 4.90. The van der Waals surface area contributed by atoms with Crippen molar-refractivity contribution in [2.75, 3.05) is 6.61 Å². The van der Waals surface area contributed by atoms with E-state index < -0.39 is 0 Å². The molecular weight excluding hydrogens is 200 g/mol. The van der Waals surface area contributed by atoms with Gasteiger partial charge in [0.25, 0.3) is 0 Å². The molecule has 1 N–H and O–H groups in total. The molecule has 1 aliphatic carbocycles. The monoisotopic (exact) mass is 224 g/mol. The second-order valence-corrected chi connectivity index (χ2v) is 5.23. The summed E-state index contributed by atoms with van der Waals surface area (Å²) in [6.07, 6.45) is 5.27. The molecule has 0 aromatic carbocycles. The second-order valence-electron chi connectivity index (χ2n) is 5.23. The third-order valence-electron chi connectivity index (χ3n) is 3.08. The van der Waals surface area contributed by atoms with Gasteiger partial charge in [0.05, 0.1) is 18.8 Å². The molecule has 0 spiro atoms. The van der Waals surface area contributed by atoms with E-state index in [0.717, 1.165) is 18.8 Å². The average Bonchev–Trinajstić information content (AvgIpc) is 2.24. The first-order chi connectivity index (χ1) is 7.61. The van der Waals surface area contributed by atoms with E-state index in [-0.39, 0.29) is 6.04 Å². The third-order valence-corrected chi connectivity index (χ3v) is 3.08. The van der Waals surface area contributed by atoms with Gasteiger partial charge in [0.1, 0.15) is 6.04 Å². The van der Waals surface area contributed by atoms with Gasteiger partial charge in [-0.25, -0.2) is 0 Å². The Bertz CT molecular complexity index is 235. The molecule has 0 saturated heterocycles. The van der Waals surface area contributed by atoms with Crippen molar-refractivity contribution in [3.8, 4) is 6.07 Å². The highest BCUT2D eigenvalue weighted by Gasteiger charge is 2.20. The van der Waals surface area contributed by atoms with Crippen LogP contribution in [0.3, 0.4) is 0 Å². The summed E-state index contributed by atoms with van der Waals surface area (Å²) in [5.41, 5.74) is 0. The molecule has 3 atom stereocenters. The van der Waals surface area contributed by atoms with Gasteiger partial charge in [0.15, 0.2) is 0 Å². The van der Waals surface area contributed by atoms with Crippen molar-refractivity contribution in [2.45, 2.75) is 64.6 Å². The highest BCUT2D eigenvalue weighted by Crippen LogP contribution is 2.25. The fourth-order valence-corrected chi connectivity index (χ4v) is 2.29. The SMILES string of the molecule is CC1CCCC(OCC(C#N)NC(C)C)C1. The van der Waals surface area contributed by atoms with Crippen molar-refractivity contribution in [1.29, 1.82) is 5.26 Å². The van der Waals surface area contributed by atoms with Crippen LogP contribution in [0.1, 0.15) is 46.5 Å². The van der Waals surface area contributed by atoms with E-state index in [1.54, 1.807) is 0 Å². The Morgan fingerprint density at radius 3 is 2.75 bits per heavy atom. The molecule has 0 heterocycles. The Morgan fingerprint density at radius 1 is 1.44 bits per heavy atom. The maximum absolute atomic E-state index is 8.96. The second kappa shape index (κ2) is 6.88. The number of rotatable bonds is 5. The smallest absolute Gasteiger partial charge is 0.119 e. The van der Waals surface area contributed by atoms with Gasteiger partial charge in [-0.3, -0.25) is 5.32 Å². The van der Waals surface area contributed by atoms with Gasteiger partial charge in [-0.2, -0.15) is 5.26 Å². The zero-order chi connectivity index (χ0) is 12.0. The number of ether oxygens (including phenoxy) is 1. The standard InChI is InChI=1S/C13H24N2O/c1-10(2)15-12(8-14)9-16-13-6-4-5-11(3)7-13/h10-13,15H,4-7,9H2,1-3H3. The molecule has 0 aliphatic heterocycles. The third kappa shape index (κ3) is 4.96. The molecule has 0 aromatic heterocycles. The van der Waals surface area contributed by atoms with Crippen LogP contribution in [0.5, 0.6) is 0 Å². The topological polar surface area (TPSA) is 45.0 Å². The summed E-state index contributed by atoms with van der Waals surface area (Å²) in [6, 6.07) is 2.41. The first-order valence-electron chi connectivity index (χ1n) is 6.39. The van der Waals surface area contributed by atoms with Crippen molar-refractivity contribution >= 4 is 0 Å². The Balaban J connectivity index is 2.24. The Morgan fingerprint density at radius 2 is 2.19 bits per heavy atom. The van der Waals surface area contributed by atoms with Crippen LogP contribution in [0.4, 0.5) is 0 Å². The van der Waals surface area contributed by atoms with Gasteiger partial charge in [-0.15, -0.1) is 0 Å². The summed E-state index contributed by atoms with van der Waals surface area (Å²) in [5.74, 6) is 0.775. The minimum absolute atomic E-state index is 0.169. The van der Waals surface area contributed by atoms with Crippen LogP contribution in [0.2, 0.25) is 0 Å². The van der Waals surface area contributed by atoms with Crippen molar-refractivity contribution < 1.29 is 4.74 Å². The van der Waals surface area contributed by atoms with Gasteiger partial charge in [-0.1, -0.05) is 19.8 Å². The number of hydrogen-bond donors (Lipinski definition) is 1. The molecule has 1 saturated carbocycles. The molecule has 3 unspecified atom stereocenters. The molecule has 3 nitrogen and oxygen atoms in total. The lowest BCUT2D eigenvalue weighted by Gasteiger charge is -2.27. The summed E-state index contributed by atoms with van der Waals surface area (Å²) in [7, 11) is 0. The maximum Gasteiger partial charge on any atom is 0.119 e. The fourth-order valence-electron chi connectivity index (χ4n) is 2.29. The lowest BCUT2D eigenvalue weighted by Crippen LogP contribution is -2.38. The molecule has 1 fully saturated rings. The van der Waals surface area contributed by atoms with Crippen LogP contribution < -0.4 is 5.32 Å². The summed E-state index contributed by atoms with van der Waals surface area (Å²) in [4.78, 5) is 0. The molecule has 0 bridgehead atoms. The summed E-state index contributed by atoms with van der Waals surface area (Å²) >= 11 is 0. The molecule has 0 amide bonds. The van der Waals surface area contributed by atoms with Gasteiger partial charge in [0, 0.05) is 6.04 Å². The Kier molecular flexibility index (Phi) is 5.79. The van der Waals surface area contributed by atoms with Gasteiger partial charge >= 0.3 is 0 Å². The zero-order valence-corrected chi connectivity index (χ0v) is 10.7. The minimum Gasteiger partial charge on any atom is -0.375 e. The highest BCUT2D eigenvalue weighted by atomic mass is 16.5. The van der Waals surface area contributed by atoms with Gasteiger partial charge in [-0.05, 0) is 32.6 Å². The predicted molar refractivity (Wildman–Crippen MR) is 65.0 cm³/mol. The van der Waals surface area contributed by atoms with Crippen molar-refractivity contribution in [3.05, 3.63) is 0 Å². The lowest BCUT2D eigenvalue weighted by molar-refractivity contribution is 0.00966. The van der Waals surface area contributed by atoms with Gasteiger partial charge < -0.3 is 4.74 Å². The summed E-state index contributed by atoms with van der Waals surface area (Å²) in [6.45, 7) is 6.90. The molecule has 0 radical (unpaired) electrons. The molecule has 3 heteroatoms. The van der Waals surface area contributed by atoms with Crippen LogP contribution in [0.25, 0.3) is 0 Å². The maximum atomic E-state index is 8.96. The first kappa shape index (κ1) is 13.5. The van der Waals surface area contributed by atoms with Crippen LogP contribution in [-0.2, 0) is 4.74 Å². The Labute approximate surface area is 99.2 Å². The van der Waals surface area contributed by atoms with Crippen molar-refractivity contribution in [1.82, 2.24) is 5.32 Å². The number of nitrogens with zero attached hydrogens (tertiary/aromatic N) is 1. The average molecular weight is 224 g/mol. The van der Waals surface area contributed by atoms with E-state index in [2.05, 4.69) is 18.3 Å². The van der Waals surface area contributed by atoms with E-state index in [9.17, 15) is 0 Å². The molecule has 16 heavy (non-hydrogen) atoms. The summed E-state index contributed by atoms with van der Waals surface area (Å²) in [5, 5.41) is 12.2. The largest absolute Gasteiger partial charge is 0.375 e. The van der Waals surface area contributed by atoms with Crippen molar-refractivity contribution in [2.24, 2.45) is 5.92 Å². The van der Waals surface area contributed by atoms with Crippen molar-refractivity contribution in [3.63, 3.8) is 0 Å². The molecular formula is C13H24N2O. The Hall–Kier alpha value is -0.590. The lowest BCUT2D eigenvalue weighted by atomic mass is 9.89. The first-order valence-corrected chi connectivity index (χ1v) is 6.39.